The fraction of sp³-hybridized carbons (Fsp3) is 0.692. The van der Waals surface area contributed by atoms with Crippen molar-refractivity contribution in [1.82, 2.24) is 0 Å². The minimum Gasteiger partial charge on any atom is -0.477 e. The number of hydrogen-bond acceptors (Lipinski definition) is 1. The van der Waals surface area contributed by atoms with Crippen LogP contribution in [0, 0.1) is 11.8 Å². The average Bonchev–Trinajstić information content (AvgIpc) is 2.24. The third-order valence-corrected chi connectivity index (χ3v) is 3.05. The van der Waals surface area contributed by atoms with E-state index in [1.54, 1.807) is 0 Å². The van der Waals surface area contributed by atoms with Gasteiger partial charge in [-0.05, 0) is 26.2 Å². The predicted molar refractivity (Wildman–Crippen MR) is 69.4 cm³/mol. The third-order valence-electron chi connectivity index (χ3n) is 2.63. The van der Waals surface area contributed by atoms with Crippen LogP contribution in [0.3, 0.4) is 0 Å². The quantitative estimate of drug-likeness (QED) is 0.513. The monoisotopic (exact) mass is 260 g/mol. The lowest BCUT2D eigenvalue weighted by Gasteiger charge is -2.31. The molecule has 1 atom stereocenters. The van der Waals surface area contributed by atoms with E-state index >= 15 is 0 Å². The second-order valence-electron chi connectivity index (χ2n) is 4.28. The summed E-state index contributed by atoms with van der Waals surface area (Å²) in [7, 11) is 0. The van der Waals surface area contributed by atoms with Crippen LogP contribution in [0.4, 0.5) is 0 Å². The summed E-state index contributed by atoms with van der Waals surface area (Å²) in [5, 5.41) is 0. The maximum absolute atomic E-state index is 5.76. The number of hydrogen-bond donors (Lipinski definition) is 0. The van der Waals surface area contributed by atoms with Gasteiger partial charge < -0.3 is 4.74 Å². The Balaban J connectivity index is 2.62. The molecule has 1 nitrogen and oxygen atoms in total. The van der Waals surface area contributed by atoms with Gasteiger partial charge in [0, 0.05) is 12.8 Å². The van der Waals surface area contributed by atoms with Crippen LogP contribution in [-0.2, 0) is 4.74 Å². The van der Waals surface area contributed by atoms with E-state index in [0.717, 1.165) is 32.1 Å². The summed E-state index contributed by atoms with van der Waals surface area (Å²) in [6.45, 7) is 4.16. The fourth-order valence-electron chi connectivity index (χ4n) is 1.70. The molecule has 0 N–H and O–H groups in total. The molecule has 1 unspecified atom stereocenters. The van der Waals surface area contributed by atoms with E-state index in [-0.39, 0.29) is 4.49 Å². The summed E-state index contributed by atoms with van der Waals surface area (Å²) < 4.78 is 5.99. The van der Waals surface area contributed by atoms with Gasteiger partial charge in [0.15, 0.2) is 5.60 Å². The van der Waals surface area contributed by atoms with Gasteiger partial charge in [0.05, 0.1) is 0 Å². The topological polar surface area (TPSA) is 9.23 Å². The lowest BCUT2D eigenvalue weighted by Crippen LogP contribution is -2.30. The fourth-order valence-corrected chi connectivity index (χ4v) is 1.96. The van der Waals surface area contributed by atoms with Crippen LogP contribution in [-0.4, -0.2) is 5.60 Å². The van der Waals surface area contributed by atoms with Crippen molar-refractivity contribution in [2.75, 3.05) is 0 Å². The molecule has 90 valence electrons. The van der Waals surface area contributed by atoms with E-state index in [0.29, 0.717) is 5.76 Å². The first-order valence-corrected chi connectivity index (χ1v) is 6.56. The first-order valence-electron chi connectivity index (χ1n) is 5.80. The molecule has 0 aliphatic carbocycles. The highest BCUT2D eigenvalue weighted by Gasteiger charge is 2.29. The Morgan fingerprint density at radius 3 is 2.88 bits per heavy atom. The van der Waals surface area contributed by atoms with Crippen molar-refractivity contribution in [3.63, 3.8) is 0 Å². The molecule has 0 bridgehead atoms. The van der Waals surface area contributed by atoms with Crippen molar-refractivity contribution >= 4 is 23.2 Å². The Bertz CT molecular complexity index is 321. The second kappa shape index (κ2) is 6.42. The molecule has 0 aromatic heterocycles. The van der Waals surface area contributed by atoms with Crippen LogP contribution in [0.15, 0.2) is 10.3 Å². The van der Waals surface area contributed by atoms with Gasteiger partial charge in [0.1, 0.15) is 10.3 Å². The summed E-state index contributed by atoms with van der Waals surface area (Å²) in [6.07, 6.45) is 6.03. The zero-order valence-electron chi connectivity index (χ0n) is 9.91. The van der Waals surface area contributed by atoms with Crippen molar-refractivity contribution < 1.29 is 4.74 Å². The lowest BCUT2D eigenvalue weighted by molar-refractivity contribution is 0.0303. The van der Waals surface area contributed by atoms with Crippen molar-refractivity contribution in [2.45, 2.75) is 58.0 Å². The van der Waals surface area contributed by atoms with Gasteiger partial charge in [-0.3, -0.25) is 0 Å². The van der Waals surface area contributed by atoms with Crippen molar-refractivity contribution in [3.05, 3.63) is 10.3 Å². The molecular formula is C13H18Cl2O. The molecule has 1 saturated heterocycles. The second-order valence-corrected chi connectivity index (χ2v) is 5.22. The van der Waals surface area contributed by atoms with Gasteiger partial charge in [-0.25, -0.2) is 0 Å². The molecule has 0 radical (unpaired) electrons. The van der Waals surface area contributed by atoms with Crippen LogP contribution in [0.2, 0.25) is 0 Å². The molecule has 1 aliphatic heterocycles. The Labute approximate surface area is 108 Å². The Morgan fingerprint density at radius 1 is 1.50 bits per heavy atom. The molecule has 0 aromatic rings. The third kappa shape index (κ3) is 4.28. The van der Waals surface area contributed by atoms with E-state index in [9.17, 15) is 0 Å². The van der Waals surface area contributed by atoms with E-state index < -0.39 is 5.60 Å². The van der Waals surface area contributed by atoms with Gasteiger partial charge in [-0.15, -0.1) is 0 Å². The highest BCUT2D eigenvalue weighted by atomic mass is 35.5. The highest BCUT2D eigenvalue weighted by Crippen LogP contribution is 2.33. The summed E-state index contributed by atoms with van der Waals surface area (Å²) in [5.41, 5.74) is -0.406. The Kier molecular flexibility index (Phi) is 5.52. The molecule has 0 saturated carbocycles. The van der Waals surface area contributed by atoms with E-state index in [1.807, 2.05) is 6.92 Å². The highest BCUT2D eigenvalue weighted by molar-refractivity contribution is 6.56. The van der Waals surface area contributed by atoms with Crippen LogP contribution in [0.1, 0.15) is 52.4 Å². The smallest absolute Gasteiger partial charge is 0.166 e. The summed E-state index contributed by atoms with van der Waals surface area (Å²) in [6, 6.07) is 0. The minimum absolute atomic E-state index is 0.237. The van der Waals surface area contributed by atoms with E-state index in [4.69, 9.17) is 27.9 Å². The van der Waals surface area contributed by atoms with Crippen molar-refractivity contribution in [2.24, 2.45) is 0 Å². The first kappa shape index (κ1) is 13.7. The lowest BCUT2D eigenvalue weighted by atomic mass is 9.95. The van der Waals surface area contributed by atoms with Gasteiger partial charge in [-0.2, -0.15) is 0 Å². The SMILES string of the molecule is CCCCC#CC1(C)CCCC(=C(Cl)Cl)O1. The molecule has 1 rings (SSSR count). The van der Waals surface area contributed by atoms with Crippen LogP contribution in [0.5, 0.6) is 0 Å². The summed E-state index contributed by atoms with van der Waals surface area (Å²) in [4.78, 5) is 0. The van der Waals surface area contributed by atoms with Gasteiger partial charge in [0.2, 0.25) is 0 Å². The zero-order chi connectivity index (χ0) is 12.0. The maximum atomic E-state index is 5.76. The van der Waals surface area contributed by atoms with Gasteiger partial charge in [0.25, 0.3) is 0 Å². The van der Waals surface area contributed by atoms with E-state index in [2.05, 4.69) is 18.8 Å². The number of unbranched alkanes of at least 4 members (excludes halogenated alkanes) is 2. The van der Waals surface area contributed by atoms with E-state index in [1.165, 1.54) is 6.42 Å². The molecule has 0 spiro atoms. The normalized spacial score (nSPS) is 24.4. The standard InChI is InChI=1S/C13H18Cl2O/c1-3-4-5-6-9-13(2)10-7-8-11(16-13)12(14)15/h3-5,7-8,10H2,1-2H3. The number of rotatable bonds is 2. The number of allylic oxidation sites excluding steroid dienone is 1. The molecule has 0 aromatic carbocycles. The zero-order valence-corrected chi connectivity index (χ0v) is 11.4. The van der Waals surface area contributed by atoms with Crippen molar-refractivity contribution in [3.8, 4) is 11.8 Å². The van der Waals surface area contributed by atoms with Gasteiger partial charge in [-0.1, -0.05) is 48.4 Å². The molecule has 1 heterocycles. The first-order chi connectivity index (χ1) is 7.57. The number of halogens is 2. The summed E-state index contributed by atoms with van der Waals surface area (Å²) >= 11 is 11.5. The largest absolute Gasteiger partial charge is 0.477 e. The Hall–Kier alpha value is -0.320. The molecule has 3 heteroatoms. The molecule has 16 heavy (non-hydrogen) atoms. The Morgan fingerprint density at radius 2 is 2.25 bits per heavy atom. The van der Waals surface area contributed by atoms with Gasteiger partial charge >= 0.3 is 0 Å². The summed E-state index contributed by atoms with van der Waals surface area (Å²) in [5.74, 6) is 7.05. The number of ether oxygens (including phenoxy) is 1. The molecule has 1 fully saturated rings. The van der Waals surface area contributed by atoms with Crippen LogP contribution in [0.25, 0.3) is 0 Å². The van der Waals surface area contributed by atoms with Crippen LogP contribution < -0.4 is 0 Å². The minimum atomic E-state index is -0.406. The predicted octanol–water partition coefficient (Wildman–Crippen LogP) is 4.79. The van der Waals surface area contributed by atoms with Crippen molar-refractivity contribution in [1.29, 1.82) is 0 Å². The molecule has 0 amide bonds. The average molecular weight is 261 g/mol. The molecule has 1 aliphatic rings. The van der Waals surface area contributed by atoms with Crippen LogP contribution >= 0.6 is 23.2 Å². The molecular weight excluding hydrogens is 243 g/mol. The maximum Gasteiger partial charge on any atom is 0.166 e.